The lowest BCUT2D eigenvalue weighted by atomic mass is 10.3. The van der Waals surface area contributed by atoms with Crippen LogP contribution >= 0.6 is 23.4 Å². The van der Waals surface area contributed by atoms with Crippen LogP contribution < -0.4 is 5.73 Å². The van der Waals surface area contributed by atoms with E-state index >= 15 is 0 Å². The number of hydrogen-bond donors (Lipinski definition) is 1. The van der Waals surface area contributed by atoms with E-state index in [4.69, 9.17) is 21.9 Å². The third-order valence-electron chi connectivity index (χ3n) is 2.12. The van der Waals surface area contributed by atoms with Crippen molar-refractivity contribution >= 4 is 29.1 Å². The predicted molar refractivity (Wildman–Crippen MR) is 69.1 cm³/mol. The summed E-state index contributed by atoms with van der Waals surface area (Å²) >= 11 is 7.60. The van der Waals surface area contributed by atoms with Crippen LogP contribution in [0.2, 0.25) is 5.02 Å². The van der Waals surface area contributed by atoms with Crippen molar-refractivity contribution in [3.8, 4) is 0 Å². The smallest absolute Gasteiger partial charge is 0.226 e. The molecule has 1 heterocycles. The second-order valence-corrected chi connectivity index (χ2v) is 4.86. The number of anilines is 1. The summed E-state index contributed by atoms with van der Waals surface area (Å²) in [6.45, 7) is 1.97. The molecule has 0 radical (unpaired) electrons. The normalized spacial score (nSPS) is 10.7. The average molecular weight is 270 g/mol. The average Bonchev–Trinajstić information content (AvgIpc) is 2.78. The summed E-state index contributed by atoms with van der Waals surface area (Å²) in [6, 6.07) is 5.40. The Morgan fingerprint density at radius 1 is 1.47 bits per heavy atom. The molecule has 0 aliphatic carbocycles. The number of thioether (sulfide) groups is 1. The van der Waals surface area contributed by atoms with Crippen LogP contribution in [-0.4, -0.2) is 10.1 Å². The van der Waals surface area contributed by atoms with Gasteiger partial charge in [-0.25, -0.2) is 0 Å². The largest absolute Gasteiger partial charge is 0.399 e. The maximum Gasteiger partial charge on any atom is 0.226 e. The Hall–Kier alpha value is -1.20. The van der Waals surface area contributed by atoms with Crippen molar-refractivity contribution < 1.29 is 4.52 Å². The van der Waals surface area contributed by atoms with Gasteiger partial charge in [0, 0.05) is 17.0 Å². The molecule has 17 heavy (non-hydrogen) atoms. The van der Waals surface area contributed by atoms with Crippen LogP contribution in [0.5, 0.6) is 0 Å². The summed E-state index contributed by atoms with van der Waals surface area (Å²) in [5, 5.41) is 4.56. The molecule has 2 N–H and O–H groups in total. The molecule has 0 saturated carbocycles. The van der Waals surface area contributed by atoms with Gasteiger partial charge in [-0.3, -0.25) is 0 Å². The standard InChI is InChI=1S/C11H12ClN3OS/c1-2-11-14-10(15-16-11)6-17-9-5-7(13)3-4-8(9)12/h3-5H,2,6,13H2,1H3. The van der Waals surface area contributed by atoms with E-state index < -0.39 is 0 Å². The number of aromatic nitrogens is 2. The van der Waals surface area contributed by atoms with Crippen LogP contribution in [-0.2, 0) is 12.2 Å². The molecule has 0 bridgehead atoms. The van der Waals surface area contributed by atoms with Crippen molar-refractivity contribution in [3.05, 3.63) is 34.9 Å². The van der Waals surface area contributed by atoms with Crippen molar-refractivity contribution in [2.75, 3.05) is 5.73 Å². The molecule has 0 unspecified atom stereocenters. The maximum atomic E-state index is 6.05. The molecule has 0 saturated heterocycles. The molecule has 1 aromatic carbocycles. The predicted octanol–water partition coefficient (Wildman–Crippen LogP) is 3.16. The molecular formula is C11H12ClN3OS. The number of nitrogen functional groups attached to an aromatic ring is 1. The molecule has 4 nitrogen and oxygen atoms in total. The van der Waals surface area contributed by atoms with Gasteiger partial charge >= 0.3 is 0 Å². The first kappa shape index (κ1) is 12.3. The fourth-order valence-corrected chi connectivity index (χ4v) is 2.37. The summed E-state index contributed by atoms with van der Waals surface area (Å²) < 4.78 is 5.02. The van der Waals surface area contributed by atoms with Gasteiger partial charge in [0.15, 0.2) is 5.82 Å². The van der Waals surface area contributed by atoms with Crippen LogP contribution in [0.15, 0.2) is 27.6 Å². The van der Waals surface area contributed by atoms with E-state index in [1.54, 1.807) is 23.9 Å². The highest BCUT2D eigenvalue weighted by molar-refractivity contribution is 7.98. The molecule has 0 aliphatic rings. The van der Waals surface area contributed by atoms with Crippen molar-refractivity contribution in [1.82, 2.24) is 10.1 Å². The molecular weight excluding hydrogens is 258 g/mol. The highest BCUT2D eigenvalue weighted by Crippen LogP contribution is 2.30. The Kier molecular flexibility index (Phi) is 3.91. The lowest BCUT2D eigenvalue weighted by Crippen LogP contribution is -1.88. The van der Waals surface area contributed by atoms with Crippen molar-refractivity contribution in [2.45, 2.75) is 24.0 Å². The third kappa shape index (κ3) is 3.14. The van der Waals surface area contributed by atoms with Crippen molar-refractivity contribution in [2.24, 2.45) is 0 Å². The van der Waals surface area contributed by atoms with E-state index in [-0.39, 0.29) is 0 Å². The fraction of sp³-hybridized carbons (Fsp3) is 0.273. The van der Waals surface area contributed by atoms with E-state index in [0.717, 1.165) is 11.3 Å². The molecule has 2 aromatic rings. The quantitative estimate of drug-likeness (QED) is 0.682. The van der Waals surface area contributed by atoms with Crippen molar-refractivity contribution in [3.63, 3.8) is 0 Å². The highest BCUT2D eigenvalue weighted by atomic mass is 35.5. The fourth-order valence-electron chi connectivity index (χ4n) is 1.27. The first-order valence-corrected chi connectivity index (χ1v) is 6.54. The minimum atomic E-state index is 0.618. The number of benzene rings is 1. The summed E-state index contributed by atoms with van der Waals surface area (Å²) in [7, 11) is 0. The molecule has 0 spiro atoms. The van der Waals surface area contributed by atoms with Gasteiger partial charge < -0.3 is 10.3 Å². The maximum absolute atomic E-state index is 6.05. The molecule has 1 aromatic heterocycles. The van der Waals surface area contributed by atoms with Crippen LogP contribution in [0.3, 0.4) is 0 Å². The number of nitrogens with two attached hydrogens (primary N) is 1. The number of nitrogens with zero attached hydrogens (tertiary/aromatic N) is 2. The number of aryl methyl sites for hydroxylation is 1. The van der Waals surface area contributed by atoms with E-state index in [0.29, 0.717) is 28.2 Å². The summed E-state index contributed by atoms with van der Waals surface area (Å²) in [4.78, 5) is 5.15. The Labute approximate surface area is 109 Å². The summed E-state index contributed by atoms with van der Waals surface area (Å²) in [5.74, 6) is 1.94. The molecule has 0 amide bonds. The Bertz CT molecular complexity index is 515. The van der Waals surface area contributed by atoms with Crippen molar-refractivity contribution in [1.29, 1.82) is 0 Å². The van der Waals surface area contributed by atoms with Gasteiger partial charge in [0.25, 0.3) is 0 Å². The van der Waals surface area contributed by atoms with Gasteiger partial charge in [0.2, 0.25) is 5.89 Å². The Morgan fingerprint density at radius 2 is 2.29 bits per heavy atom. The Morgan fingerprint density at radius 3 is 3.00 bits per heavy atom. The molecule has 0 fully saturated rings. The molecule has 6 heteroatoms. The lowest BCUT2D eigenvalue weighted by Gasteiger charge is -2.02. The molecule has 2 rings (SSSR count). The van der Waals surface area contributed by atoms with Crippen LogP contribution in [0.25, 0.3) is 0 Å². The van der Waals surface area contributed by atoms with Gasteiger partial charge in [-0.05, 0) is 18.2 Å². The van der Waals surface area contributed by atoms with Gasteiger partial charge in [0.1, 0.15) is 0 Å². The number of halogens is 1. The summed E-state index contributed by atoms with van der Waals surface area (Å²) in [5.41, 5.74) is 6.39. The zero-order valence-corrected chi connectivity index (χ0v) is 10.9. The monoisotopic (exact) mass is 269 g/mol. The van der Waals surface area contributed by atoms with Crippen LogP contribution in [0.1, 0.15) is 18.6 Å². The molecule has 90 valence electrons. The first-order chi connectivity index (χ1) is 8.19. The first-order valence-electron chi connectivity index (χ1n) is 5.18. The zero-order chi connectivity index (χ0) is 12.3. The van der Waals surface area contributed by atoms with E-state index in [1.165, 1.54) is 0 Å². The van der Waals surface area contributed by atoms with E-state index in [2.05, 4.69) is 10.1 Å². The highest BCUT2D eigenvalue weighted by Gasteiger charge is 2.07. The van der Waals surface area contributed by atoms with Gasteiger partial charge in [-0.15, -0.1) is 11.8 Å². The Balaban J connectivity index is 2.04. The van der Waals surface area contributed by atoms with Crippen LogP contribution in [0, 0.1) is 0 Å². The zero-order valence-electron chi connectivity index (χ0n) is 9.31. The summed E-state index contributed by atoms with van der Waals surface area (Å²) in [6.07, 6.45) is 0.747. The SMILES string of the molecule is CCc1nc(CSc2cc(N)ccc2Cl)no1. The second kappa shape index (κ2) is 5.42. The number of hydrogen-bond acceptors (Lipinski definition) is 5. The van der Waals surface area contributed by atoms with E-state index in [9.17, 15) is 0 Å². The minimum Gasteiger partial charge on any atom is -0.399 e. The van der Waals surface area contributed by atoms with E-state index in [1.807, 2.05) is 13.0 Å². The number of rotatable bonds is 4. The lowest BCUT2D eigenvalue weighted by molar-refractivity contribution is 0.378. The van der Waals surface area contributed by atoms with Gasteiger partial charge in [-0.1, -0.05) is 23.7 Å². The topological polar surface area (TPSA) is 64.9 Å². The minimum absolute atomic E-state index is 0.618. The van der Waals surface area contributed by atoms with Gasteiger partial charge in [-0.2, -0.15) is 4.98 Å². The molecule has 0 atom stereocenters. The third-order valence-corrected chi connectivity index (χ3v) is 3.62. The second-order valence-electron chi connectivity index (χ2n) is 3.44. The van der Waals surface area contributed by atoms with Crippen LogP contribution in [0.4, 0.5) is 5.69 Å². The van der Waals surface area contributed by atoms with Gasteiger partial charge in [0.05, 0.1) is 10.8 Å². The molecule has 0 aliphatic heterocycles.